The molecule has 4 fully saturated rings. The van der Waals surface area contributed by atoms with E-state index in [0.717, 1.165) is 32.4 Å². The summed E-state index contributed by atoms with van der Waals surface area (Å²) in [5, 5.41) is -0.244. The van der Waals surface area contributed by atoms with Crippen molar-refractivity contribution >= 4 is 16.0 Å². The number of ether oxygens (including phenoxy) is 1. The molecule has 0 amide bonds. The number of hydrogen-bond donors (Lipinski definition) is 1. The first-order valence-corrected chi connectivity index (χ1v) is 9.02. The van der Waals surface area contributed by atoms with Crippen LogP contribution in [-0.4, -0.2) is 56.3 Å². The van der Waals surface area contributed by atoms with E-state index in [-0.39, 0.29) is 35.2 Å². The Morgan fingerprint density at radius 3 is 2.75 bits per heavy atom. The lowest BCUT2D eigenvalue weighted by Gasteiger charge is -2.26. The first kappa shape index (κ1) is 13.0. The number of carbonyl (C=O) groups is 1. The third kappa shape index (κ3) is 1.90. The maximum absolute atomic E-state index is 12.0. The molecule has 7 heteroatoms. The zero-order valence-corrected chi connectivity index (χ0v) is 12.1. The van der Waals surface area contributed by atoms with E-state index in [0.29, 0.717) is 13.0 Å². The van der Waals surface area contributed by atoms with E-state index in [4.69, 9.17) is 4.74 Å². The van der Waals surface area contributed by atoms with Gasteiger partial charge in [0, 0.05) is 0 Å². The molecule has 5 atom stereocenters. The van der Waals surface area contributed by atoms with Gasteiger partial charge in [-0.25, -0.2) is 13.1 Å². The first-order chi connectivity index (χ1) is 9.54. The lowest BCUT2D eigenvalue weighted by Crippen LogP contribution is -2.43. The number of esters is 1. The molecule has 4 aliphatic rings. The van der Waals surface area contributed by atoms with Crippen molar-refractivity contribution in [1.29, 1.82) is 0 Å². The van der Waals surface area contributed by atoms with Crippen molar-refractivity contribution < 1.29 is 17.9 Å². The summed E-state index contributed by atoms with van der Waals surface area (Å²) in [5.74, 6) is 0.170. The molecular weight excluding hydrogens is 280 g/mol. The van der Waals surface area contributed by atoms with E-state index in [1.54, 1.807) is 0 Å². The van der Waals surface area contributed by atoms with Gasteiger partial charge in [0.25, 0.3) is 0 Å². The Hall–Kier alpha value is -0.660. The van der Waals surface area contributed by atoms with E-state index in [9.17, 15) is 13.2 Å². The fourth-order valence-electron chi connectivity index (χ4n) is 4.52. The largest absolute Gasteiger partial charge is 0.459 e. The fraction of sp³-hybridized carbons (Fsp3) is 0.923. The molecule has 0 aromatic rings. The number of carbonyl (C=O) groups excluding carboxylic acids is 1. The molecule has 0 aromatic carbocycles. The molecule has 2 heterocycles. The number of likely N-dealkylation sites (tertiary alicyclic amines) is 1. The van der Waals surface area contributed by atoms with Gasteiger partial charge < -0.3 is 4.74 Å². The van der Waals surface area contributed by atoms with Crippen molar-refractivity contribution in [3.8, 4) is 0 Å². The monoisotopic (exact) mass is 300 g/mol. The second kappa shape index (κ2) is 4.42. The van der Waals surface area contributed by atoms with Crippen LogP contribution in [0.3, 0.4) is 0 Å². The Morgan fingerprint density at radius 1 is 1.25 bits per heavy atom. The van der Waals surface area contributed by atoms with Crippen LogP contribution >= 0.6 is 0 Å². The van der Waals surface area contributed by atoms with Gasteiger partial charge in [0.2, 0.25) is 10.0 Å². The molecule has 112 valence electrons. The highest BCUT2D eigenvalue weighted by atomic mass is 32.2. The van der Waals surface area contributed by atoms with Gasteiger partial charge in [-0.15, -0.1) is 0 Å². The summed E-state index contributed by atoms with van der Waals surface area (Å²) in [6.07, 6.45) is 3.57. The number of sulfonamides is 1. The Balaban J connectivity index is 1.42. The van der Waals surface area contributed by atoms with Gasteiger partial charge >= 0.3 is 5.97 Å². The SMILES string of the molecule is O=C(CN1CCCC1)OC1C2CC3C1NS(=O)(=O)C3C2. The van der Waals surface area contributed by atoms with E-state index >= 15 is 0 Å². The van der Waals surface area contributed by atoms with Crippen molar-refractivity contribution in [2.75, 3.05) is 19.6 Å². The van der Waals surface area contributed by atoms with Crippen molar-refractivity contribution in [3.05, 3.63) is 0 Å². The Morgan fingerprint density at radius 2 is 2.00 bits per heavy atom. The molecule has 0 aromatic heterocycles. The van der Waals surface area contributed by atoms with Crippen LogP contribution in [0.25, 0.3) is 0 Å². The number of nitrogens with zero attached hydrogens (tertiary/aromatic N) is 1. The van der Waals surface area contributed by atoms with Crippen molar-refractivity contribution in [3.63, 3.8) is 0 Å². The molecule has 4 rings (SSSR count). The molecule has 2 aliphatic heterocycles. The summed E-state index contributed by atoms with van der Waals surface area (Å²) < 4.78 is 32.2. The van der Waals surface area contributed by atoms with Gasteiger partial charge in [0.15, 0.2) is 0 Å². The first-order valence-electron chi connectivity index (χ1n) is 7.47. The molecule has 0 spiro atoms. The predicted octanol–water partition coefficient (Wildman–Crippen LogP) is -0.296. The third-order valence-electron chi connectivity index (χ3n) is 5.39. The van der Waals surface area contributed by atoms with Crippen LogP contribution < -0.4 is 4.72 Å². The minimum absolute atomic E-state index is 0.148. The molecule has 5 unspecified atom stereocenters. The van der Waals surface area contributed by atoms with Crippen LogP contribution in [0.2, 0.25) is 0 Å². The highest BCUT2D eigenvalue weighted by Crippen LogP contribution is 2.52. The molecule has 2 aliphatic carbocycles. The predicted molar refractivity (Wildman–Crippen MR) is 71.4 cm³/mol. The summed E-state index contributed by atoms with van der Waals surface area (Å²) in [5.41, 5.74) is 0. The summed E-state index contributed by atoms with van der Waals surface area (Å²) in [4.78, 5) is 14.1. The minimum atomic E-state index is -3.17. The van der Waals surface area contributed by atoms with E-state index < -0.39 is 10.0 Å². The van der Waals surface area contributed by atoms with Gasteiger partial charge in [-0.1, -0.05) is 0 Å². The summed E-state index contributed by atoms with van der Waals surface area (Å²) in [7, 11) is -3.17. The van der Waals surface area contributed by atoms with Crippen LogP contribution in [0.15, 0.2) is 0 Å². The number of fused-ring (bicyclic) bond motifs is 1. The summed E-state index contributed by atoms with van der Waals surface area (Å²) in [6, 6.07) is -0.175. The molecular formula is C13H20N2O4S. The van der Waals surface area contributed by atoms with Crippen LogP contribution in [0.1, 0.15) is 25.7 Å². The van der Waals surface area contributed by atoms with Crippen molar-refractivity contribution in [2.24, 2.45) is 11.8 Å². The zero-order valence-electron chi connectivity index (χ0n) is 11.3. The number of hydrogen-bond acceptors (Lipinski definition) is 5. The van der Waals surface area contributed by atoms with E-state index in [2.05, 4.69) is 9.62 Å². The minimum Gasteiger partial charge on any atom is -0.459 e. The normalized spacial score (nSPS) is 45.1. The second-order valence-corrected chi connectivity index (χ2v) is 8.49. The Kier molecular flexibility index (Phi) is 2.88. The Labute approximate surface area is 118 Å². The van der Waals surface area contributed by atoms with Gasteiger partial charge in [-0.05, 0) is 50.6 Å². The van der Waals surface area contributed by atoms with Crippen molar-refractivity contribution in [1.82, 2.24) is 9.62 Å². The average molecular weight is 300 g/mol. The lowest BCUT2D eigenvalue weighted by molar-refractivity contribution is -0.153. The van der Waals surface area contributed by atoms with Gasteiger partial charge in [-0.3, -0.25) is 9.69 Å². The van der Waals surface area contributed by atoms with Gasteiger partial charge in [-0.2, -0.15) is 0 Å². The molecule has 20 heavy (non-hydrogen) atoms. The van der Waals surface area contributed by atoms with Crippen LogP contribution in [0.4, 0.5) is 0 Å². The number of nitrogens with one attached hydrogen (secondary N) is 1. The molecule has 2 saturated heterocycles. The quantitative estimate of drug-likeness (QED) is 0.725. The average Bonchev–Trinajstić information content (AvgIpc) is 3.07. The summed E-state index contributed by atoms with van der Waals surface area (Å²) >= 11 is 0. The van der Waals surface area contributed by atoms with Gasteiger partial charge in [0.05, 0.1) is 17.8 Å². The topological polar surface area (TPSA) is 75.7 Å². The Bertz CT molecular complexity index is 528. The maximum Gasteiger partial charge on any atom is 0.320 e. The smallest absolute Gasteiger partial charge is 0.320 e. The number of rotatable bonds is 3. The van der Waals surface area contributed by atoms with E-state index in [1.165, 1.54) is 0 Å². The van der Waals surface area contributed by atoms with Crippen LogP contribution in [-0.2, 0) is 19.6 Å². The molecule has 2 bridgehead atoms. The highest BCUT2D eigenvalue weighted by molar-refractivity contribution is 7.90. The highest BCUT2D eigenvalue weighted by Gasteiger charge is 2.63. The maximum atomic E-state index is 12.0. The lowest BCUT2D eigenvalue weighted by atomic mass is 9.93. The fourth-order valence-corrected chi connectivity index (χ4v) is 6.63. The van der Waals surface area contributed by atoms with Crippen LogP contribution in [0.5, 0.6) is 0 Å². The molecule has 0 radical (unpaired) electrons. The van der Waals surface area contributed by atoms with Crippen molar-refractivity contribution in [2.45, 2.75) is 43.1 Å². The standard InChI is InChI=1S/C13H20N2O4S/c16-11(7-15-3-1-2-4-15)19-13-8-5-9-10(6-8)20(17,18)14-12(9)13/h8-10,12-14H,1-7H2. The zero-order chi connectivity index (χ0) is 13.9. The van der Waals surface area contributed by atoms with Gasteiger partial charge in [0.1, 0.15) is 6.10 Å². The third-order valence-corrected chi connectivity index (χ3v) is 7.33. The van der Waals surface area contributed by atoms with Crippen LogP contribution in [0, 0.1) is 11.8 Å². The second-order valence-electron chi connectivity index (χ2n) is 6.56. The molecule has 2 saturated carbocycles. The van der Waals surface area contributed by atoms with E-state index in [1.807, 2.05) is 0 Å². The summed E-state index contributed by atoms with van der Waals surface area (Å²) in [6.45, 7) is 2.27. The molecule has 6 nitrogen and oxygen atoms in total. The molecule has 1 N–H and O–H groups in total.